The van der Waals surface area contributed by atoms with Gasteiger partial charge in [0.15, 0.2) is 11.4 Å². The number of hydrogen-bond acceptors (Lipinski definition) is 5. The highest BCUT2D eigenvalue weighted by Gasteiger charge is 2.38. The summed E-state index contributed by atoms with van der Waals surface area (Å²) in [4.78, 5) is 25.5. The number of aromatic hydroxyl groups is 1. The third kappa shape index (κ3) is 2.84. The second kappa shape index (κ2) is 6.77. The molecule has 0 aliphatic carbocycles. The first-order valence-electron chi connectivity index (χ1n) is 9.44. The summed E-state index contributed by atoms with van der Waals surface area (Å²) in [5.74, 6) is -0.254. The molecule has 3 aromatic rings. The second-order valence-corrected chi connectivity index (χ2v) is 8.45. The minimum Gasteiger partial charge on any atom is -0.502 e. The number of rotatable bonds is 1. The number of nitrogens with one attached hydrogen (secondary N) is 1. The molecular weight excluding hydrogens is 386 g/mol. The van der Waals surface area contributed by atoms with Crippen molar-refractivity contribution < 1.29 is 9.90 Å². The van der Waals surface area contributed by atoms with Gasteiger partial charge in [-0.1, -0.05) is 36.4 Å². The molecule has 146 valence electrons. The Morgan fingerprint density at radius 3 is 2.86 bits per heavy atom. The van der Waals surface area contributed by atoms with Crippen LogP contribution >= 0.6 is 11.8 Å². The van der Waals surface area contributed by atoms with Crippen molar-refractivity contribution in [2.45, 2.75) is 29.5 Å². The van der Waals surface area contributed by atoms with Crippen LogP contribution in [0.25, 0.3) is 0 Å². The third-order valence-corrected chi connectivity index (χ3v) is 6.77. The van der Waals surface area contributed by atoms with E-state index in [9.17, 15) is 14.7 Å². The zero-order valence-electron chi connectivity index (χ0n) is 15.8. The Bertz CT molecular complexity index is 1200. The van der Waals surface area contributed by atoms with Gasteiger partial charge >= 0.3 is 0 Å². The molecule has 0 saturated heterocycles. The monoisotopic (exact) mass is 405 g/mol. The highest BCUT2D eigenvalue weighted by atomic mass is 32.2. The molecule has 7 heteroatoms. The quantitative estimate of drug-likeness (QED) is 0.650. The number of aromatic nitrogens is 2. The lowest BCUT2D eigenvalue weighted by Gasteiger charge is -2.34. The van der Waals surface area contributed by atoms with E-state index in [-0.39, 0.29) is 17.7 Å². The molecule has 1 amide bonds. The van der Waals surface area contributed by atoms with Crippen LogP contribution in [0.4, 0.5) is 0 Å². The summed E-state index contributed by atoms with van der Waals surface area (Å²) < 4.78 is 1.52. The van der Waals surface area contributed by atoms with Crippen LogP contribution in [0.1, 0.15) is 44.7 Å². The predicted molar refractivity (Wildman–Crippen MR) is 111 cm³/mol. The fourth-order valence-corrected chi connectivity index (χ4v) is 5.48. The predicted octanol–water partition coefficient (Wildman–Crippen LogP) is 2.98. The molecule has 2 aliphatic rings. The Balaban J connectivity index is 1.77. The van der Waals surface area contributed by atoms with E-state index < -0.39 is 17.1 Å². The van der Waals surface area contributed by atoms with Gasteiger partial charge < -0.3 is 10.4 Å². The minimum absolute atomic E-state index is 0.0724. The van der Waals surface area contributed by atoms with Gasteiger partial charge in [-0.3, -0.25) is 14.3 Å². The molecule has 0 spiro atoms. The van der Waals surface area contributed by atoms with Crippen molar-refractivity contribution in [3.63, 3.8) is 0 Å². The fourth-order valence-electron chi connectivity index (χ4n) is 4.28. The third-order valence-electron chi connectivity index (χ3n) is 5.65. The van der Waals surface area contributed by atoms with Gasteiger partial charge in [0, 0.05) is 23.1 Å². The number of carbonyl (C=O) groups is 1. The molecule has 0 radical (unpaired) electrons. The van der Waals surface area contributed by atoms with Gasteiger partial charge in [-0.15, -0.1) is 11.8 Å². The zero-order chi connectivity index (χ0) is 20.1. The van der Waals surface area contributed by atoms with E-state index in [1.54, 1.807) is 11.8 Å². The van der Waals surface area contributed by atoms with Gasteiger partial charge in [0.05, 0.1) is 12.2 Å². The number of thioether (sulfide) groups is 1. The van der Waals surface area contributed by atoms with Gasteiger partial charge in [-0.2, -0.15) is 5.10 Å². The Labute approximate surface area is 171 Å². The minimum atomic E-state index is -0.653. The highest BCUT2D eigenvalue weighted by molar-refractivity contribution is 7.98. The number of nitrogens with zero attached hydrogens (tertiary/aromatic N) is 2. The fraction of sp³-hybridized carbons (Fsp3) is 0.227. The normalized spacial score (nSPS) is 20.1. The molecule has 29 heavy (non-hydrogen) atoms. The molecule has 2 aromatic carbocycles. The molecule has 2 N–H and O–H groups in total. The topological polar surface area (TPSA) is 84.2 Å². The first kappa shape index (κ1) is 18.0. The second-order valence-electron chi connectivity index (χ2n) is 7.43. The van der Waals surface area contributed by atoms with Crippen LogP contribution in [-0.4, -0.2) is 27.3 Å². The van der Waals surface area contributed by atoms with E-state index in [0.29, 0.717) is 6.54 Å². The number of hydrogen-bond donors (Lipinski definition) is 2. The van der Waals surface area contributed by atoms with Crippen molar-refractivity contribution in [1.29, 1.82) is 0 Å². The van der Waals surface area contributed by atoms with E-state index >= 15 is 0 Å². The molecule has 2 unspecified atom stereocenters. The van der Waals surface area contributed by atoms with Gasteiger partial charge in [0.2, 0.25) is 5.43 Å². The van der Waals surface area contributed by atoms with Crippen LogP contribution in [0.3, 0.4) is 0 Å². The maximum absolute atomic E-state index is 12.4. The maximum Gasteiger partial charge on any atom is 0.273 e. The standard InChI is InChI=1S/C22H19N3O3S/c1-12-6-7-15-18(8-12)29-11-13-4-2-3-5-14(13)19(15)16-9-23-22(28)20-21(27)17(26)10-24-25(16)20/h2-8,10,16,19,27H,9,11H2,1H3,(H,23,28). The largest absolute Gasteiger partial charge is 0.502 e. The SMILES string of the molecule is Cc1ccc2c(c1)SCc1ccccc1C2C1CNC(=O)c2c(O)c(=O)cnn21. The average molecular weight is 405 g/mol. The Hall–Kier alpha value is -3.06. The summed E-state index contributed by atoms with van der Waals surface area (Å²) in [6.07, 6.45) is 1.08. The first-order valence-corrected chi connectivity index (χ1v) is 10.4. The van der Waals surface area contributed by atoms with E-state index in [2.05, 4.69) is 47.7 Å². The van der Waals surface area contributed by atoms with E-state index in [4.69, 9.17) is 0 Å². The lowest BCUT2D eigenvalue weighted by Crippen LogP contribution is -2.44. The Morgan fingerprint density at radius 2 is 2.00 bits per heavy atom. The molecule has 0 fully saturated rings. The molecule has 6 nitrogen and oxygen atoms in total. The number of benzene rings is 2. The van der Waals surface area contributed by atoms with Gasteiger partial charge in [-0.25, -0.2) is 0 Å². The summed E-state index contributed by atoms with van der Waals surface area (Å²) in [7, 11) is 0. The van der Waals surface area contributed by atoms with Crippen molar-refractivity contribution in [1.82, 2.24) is 15.1 Å². The summed E-state index contributed by atoms with van der Waals surface area (Å²) >= 11 is 1.81. The van der Waals surface area contributed by atoms with E-state index in [1.165, 1.54) is 26.3 Å². The van der Waals surface area contributed by atoms with E-state index in [0.717, 1.165) is 17.5 Å². The van der Waals surface area contributed by atoms with Crippen LogP contribution in [-0.2, 0) is 5.75 Å². The number of amides is 1. The number of fused-ring (bicyclic) bond motifs is 3. The van der Waals surface area contributed by atoms with Crippen molar-refractivity contribution in [2.24, 2.45) is 0 Å². The molecular formula is C22H19N3O3S. The lowest BCUT2D eigenvalue weighted by atomic mass is 9.82. The number of carbonyl (C=O) groups excluding carboxylic acids is 1. The molecule has 5 rings (SSSR count). The van der Waals surface area contributed by atoms with Crippen molar-refractivity contribution >= 4 is 17.7 Å². The molecule has 2 aliphatic heterocycles. The summed E-state index contributed by atoms with van der Waals surface area (Å²) in [5, 5.41) is 17.4. The maximum atomic E-state index is 12.4. The molecule has 0 saturated carbocycles. The Kier molecular flexibility index (Phi) is 4.20. The molecule has 2 atom stereocenters. The average Bonchev–Trinajstić information content (AvgIpc) is 2.88. The van der Waals surface area contributed by atoms with Crippen molar-refractivity contribution in [3.8, 4) is 5.75 Å². The van der Waals surface area contributed by atoms with Gasteiger partial charge in [-0.05, 0) is 35.2 Å². The molecule has 3 heterocycles. The number of aryl methyl sites for hydroxylation is 1. The van der Waals surface area contributed by atoms with Crippen LogP contribution in [0.5, 0.6) is 5.75 Å². The molecule has 1 aromatic heterocycles. The van der Waals surface area contributed by atoms with Gasteiger partial charge in [0.25, 0.3) is 5.91 Å². The lowest BCUT2D eigenvalue weighted by molar-refractivity contribution is 0.0896. The highest BCUT2D eigenvalue weighted by Crippen LogP contribution is 2.46. The van der Waals surface area contributed by atoms with Crippen LogP contribution in [0, 0.1) is 6.92 Å². The van der Waals surface area contributed by atoms with Crippen molar-refractivity contribution in [3.05, 3.63) is 86.8 Å². The van der Waals surface area contributed by atoms with Crippen molar-refractivity contribution in [2.75, 3.05) is 6.54 Å². The summed E-state index contributed by atoms with van der Waals surface area (Å²) in [5.41, 5.74) is 4.04. The van der Waals surface area contributed by atoms with Crippen LogP contribution in [0.15, 0.2) is 58.4 Å². The molecule has 0 bridgehead atoms. The Morgan fingerprint density at radius 1 is 1.17 bits per heavy atom. The van der Waals surface area contributed by atoms with E-state index in [1.807, 2.05) is 12.1 Å². The summed E-state index contributed by atoms with van der Waals surface area (Å²) in [6, 6.07) is 14.5. The smallest absolute Gasteiger partial charge is 0.273 e. The van der Waals surface area contributed by atoms with Gasteiger partial charge in [0.1, 0.15) is 0 Å². The van der Waals surface area contributed by atoms with Crippen LogP contribution < -0.4 is 10.7 Å². The van der Waals surface area contributed by atoms with Crippen LogP contribution in [0.2, 0.25) is 0 Å². The summed E-state index contributed by atoms with van der Waals surface area (Å²) in [6.45, 7) is 2.44. The first-order chi connectivity index (χ1) is 14.0. The zero-order valence-corrected chi connectivity index (χ0v) is 16.6.